The van der Waals surface area contributed by atoms with Crippen molar-refractivity contribution in [3.63, 3.8) is 0 Å². The summed E-state index contributed by atoms with van der Waals surface area (Å²) in [5.41, 5.74) is 3.27. The van der Waals surface area contributed by atoms with Gasteiger partial charge in [0.2, 0.25) is 0 Å². The molecular weight excluding hydrogens is 261 g/mol. The monoisotopic (exact) mass is 283 g/mol. The predicted octanol–water partition coefficient (Wildman–Crippen LogP) is 5.19. The molecule has 0 saturated carbocycles. The molecule has 1 aromatic rings. The van der Waals surface area contributed by atoms with Gasteiger partial charge in [0, 0.05) is 5.71 Å². The largest absolute Gasteiger partial charge is 0.282 e. The summed E-state index contributed by atoms with van der Waals surface area (Å²) in [7, 11) is 0. The molecule has 0 radical (unpaired) electrons. The minimum atomic E-state index is -0.205. The lowest BCUT2D eigenvalue weighted by Gasteiger charge is -2.10. The molecule has 1 rings (SSSR count). The summed E-state index contributed by atoms with van der Waals surface area (Å²) < 4.78 is 13.6. The third kappa shape index (κ3) is 4.99. The minimum Gasteiger partial charge on any atom is -0.282 e. The fraction of sp³-hybridized carbons (Fsp3) is 0.211. The standard InChI is InChI=1S/C19H22FN/c1-6-8-10-17(9-7-2)15(4)21-16(5)18-12-11-14(3)19(20)13-18/h6-13,15H,1-2H2,3-5H3/b10-8-,17-9+,21-16?/t15-/m0/s1. The number of aryl methyl sites for hydroxylation is 1. The van der Waals surface area contributed by atoms with Gasteiger partial charge in [-0.1, -0.05) is 55.7 Å². The Bertz CT molecular complexity index is 606. The molecule has 2 heteroatoms. The number of benzene rings is 1. The highest BCUT2D eigenvalue weighted by atomic mass is 19.1. The number of hydrogen-bond acceptors (Lipinski definition) is 1. The summed E-state index contributed by atoms with van der Waals surface area (Å²) in [4.78, 5) is 4.64. The summed E-state index contributed by atoms with van der Waals surface area (Å²) in [5.74, 6) is -0.205. The van der Waals surface area contributed by atoms with Crippen molar-refractivity contribution in [2.45, 2.75) is 26.8 Å². The lowest BCUT2D eigenvalue weighted by molar-refractivity contribution is 0.618. The van der Waals surface area contributed by atoms with Gasteiger partial charge in [0.25, 0.3) is 0 Å². The average Bonchev–Trinajstić information content (AvgIpc) is 2.46. The van der Waals surface area contributed by atoms with E-state index in [-0.39, 0.29) is 11.9 Å². The van der Waals surface area contributed by atoms with Crippen LogP contribution in [0.5, 0.6) is 0 Å². The average molecular weight is 283 g/mol. The van der Waals surface area contributed by atoms with Gasteiger partial charge in [0.1, 0.15) is 5.82 Å². The second-order valence-corrected chi connectivity index (χ2v) is 4.85. The van der Waals surface area contributed by atoms with Crippen LogP contribution in [-0.4, -0.2) is 11.8 Å². The third-order valence-corrected chi connectivity index (χ3v) is 3.19. The Hall–Kier alpha value is -2.22. The van der Waals surface area contributed by atoms with E-state index in [1.807, 2.05) is 38.1 Å². The molecule has 0 saturated heterocycles. The zero-order chi connectivity index (χ0) is 15.8. The fourth-order valence-electron chi connectivity index (χ4n) is 1.91. The Labute approximate surface area is 126 Å². The van der Waals surface area contributed by atoms with Crippen LogP contribution in [0.15, 0.2) is 72.3 Å². The Morgan fingerprint density at radius 2 is 2.00 bits per heavy atom. The van der Waals surface area contributed by atoms with Gasteiger partial charge < -0.3 is 0 Å². The molecule has 0 aliphatic heterocycles. The van der Waals surface area contributed by atoms with Crippen molar-refractivity contribution in [3.05, 3.63) is 84.3 Å². The van der Waals surface area contributed by atoms with Crippen LogP contribution in [0.1, 0.15) is 25.0 Å². The SMILES string of the molecule is C=C/C=C\C(=C/C=C)[C@H](C)N=C(C)c1ccc(C)c(F)c1. The molecule has 0 spiro atoms. The molecule has 1 aromatic carbocycles. The summed E-state index contributed by atoms with van der Waals surface area (Å²) in [5, 5.41) is 0. The molecule has 0 aromatic heterocycles. The number of hydrogen-bond donors (Lipinski definition) is 0. The van der Waals surface area contributed by atoms with Crippen LogP contribution in [0.4, 0.5) is 4.39 Å². The van der Waals surface area contributed by atoms with Crippen LogP contribution < -0.4 is 0 Å². The highest BCUT2D eigenvalue weighted by molar-refractivity contribution is 5.99. The highest BCUT2D eigenvalue weighted by Crippen LogP contribution is 2.14. The molecule has 110 valence electrons. The van der Waals surface area contributed by atoms with E-state index >= 15 is 0 Å². The van der Waals surface area contributed by atoms with Gasteiger partial charge in [0.15, 0.2) is 0 Å². The van der Waals surface area contributed by atoms with Crippen LogP contribution in [0.25, 0.3) is 0 Å². The molecular formula is C19H22FN. The normalized spacial score (nSPS) is 14.3. The lowest BCUT2D eigenvalue weighted by atomic mass is 10.1. The van der Waals surface area contributed by atoms with Crippen LogP contribution in [-0.2, 0) is 0 Å². The second-order valence-electron chi connectivity index (χ2n) is 4.85. The number of aliphatic imine (C=N–C) groups is 1. The molecule has 0 unspecified atom stereocenters. The minimum absolute atomic E-state index is 0.0384. The molecule has 21 heavy (non-hydrogen) atoms. The first-order valence-corrected chi connectivity index (χ1v) is 6.92. The van der Waals surface area contributed by atoms with Crippen molar-refractivity contribution in [2.75, 3.05) is 0 Å². The molecule has 0 fully saturated rings. The van der Waals surface area contributed by atoms with Crippen molar-refractivity contribution in [1.82, 2.24) is 0 Å². The summed E-state index contributed by atoms with van der Waals surface area (Å²) in [6.07, 6.45) is 9.18. The molecule has 0 aliphatic rings. The van der Waals surface area contributed by atoms with E-state index in [1.165, 1.54) is 6.07 Å². The van der Waals surface area contributed by atoms with Gasteiger partial charge in [-0.15, -0.1) is 0 Å². The van der Waals surface area contributed by atoms with Crippen molar-refractivity contribution >= 4 is 5.71 Å². The van der Waals surface area contributed by atoms with Gasteiger partial charge in [-0.25, -0.2) is 4.39 Å². The van der Waals surface area contributed by atoms with Crippen LogP contribution in [0.2, 0.25) is 0 Å². The first kappa shape index (κ1) is 16.8. The van der Waals surface area contributed by atoms with E-state index in [2.05, 4.69) is 18.2 Å². The summed E-state index contributed by atoms with van der Waals surface area (Å²) in [6.45, 7) is 13.0. The van der Waals surface area contributed by atoms with Crippen LogP contribution in [0.3, 0.4) is 0 Å². The number of halogens is 1. The van der Waals surface area contributed by atoms with E-state index in [9.17, 15) is 4.39 Å². The Kier molecular flexibility index (Phi) is 6.54. The zero-order valence-electron chi connectivity index (χ0n) is 12.9. The van der Waals surface area contributed by atoms with Gasteiger partial charge in [-0.05, 0) is 43.5 Å². The lowest BCUT2D eigenvalue weighted by Crippen LogP contribution is -2.06. The highest BCUT2D eigenvalue weighted by Gasteiger charge is 2.07. The first-order valence-electron chi connectivity index (χ1n) is 6.92. The fourth-order valence-corrected chi connectivity index (χ4v) is 1.91. The third-order valence-electron chi connectivity index (χ3n) is 3.19. The Balaban J connectivity index is 3.05. The molecule has 0 aliphatic carbocycles. The zero-order valence-corrected chi connectivity index (χ0v) is 12.9. The van der Waals surface area contributed by atoms with Crippen LogP contribution >= 0.6 is 0 Å². The molecule has 1 nitrogen and oxygen atoms in total. The van der Waals surface area contributed by atoms with E-state index in [0.29, 0.717) is 5.56 Å². The van der Waals surface area contributed by atoms with Gasteiger partial charge >= 0.3 is 0 Å². The maximum atomic E-state index is 13.6. The molecule has 0 heterocycles. The molecule has 0 bridgehead atoms. The maximum Gasteiger partial charge on any atom is 0.126 e. The van der Waals surface area contributed by atoms with E-state index in [4.69, 9.17) is 0 Å². The first-order chi connectivity index (χ1) is 9.99. The smallest absolute Gasteiger partial charge is 0.126 e. The number of rotatable bonds is 6. The van der Waals surface area contributed by atoms with E-state index < -0.39 is 0 Å². The van der Waals surface area contributed by atoms with Gasteiger partial charge in [-0.2, -0.15) is 0 Å². The number of nitrogens with zero attached hydrogens (tertiary/aromatic N) is 1. The second kappa shape index (κ2) is 8.15. The maximum absolute atomic E-state index is 13.6. The Morgan fingerprint density at radius 3 is 2.57 bits per heavy atom. The molecule has 0 N–H and O–H groups in total. The quantitative estimate of drug-likeness (QED) is 0.503. The van der Waals surface area contributed by atoms with E-state index in [0.717, 1.165) is 16.8 Å². The van der Waals surface area contributed by atoms with Gasteiger partial charge in [-0.3, -0.25) is 4.99 Å². The molecule has 1 atom stereocenters. The van der Waals surface area contributed by atoms with Gasteiger partial charge in [0.05, 0.1) is 6.04 Å². The van der Waals surface area contributed by atoms with Crippen molar-refractivity contribution in [3.8, 4) is 0 Å². The Morgan fingerprint density at radius 1 is 1.29 bits per heavy atom. The number of allylic oxidation sites excluding steroid dienone is 4. The van der Waals surface area contributed by atoms with Crippen molar-refractivity contribution in [1.29, 1.82) is 0 Å². The predicted molar refractivity (Wildman–Crippen MR) is 90.4 cm³/mol. The molecule has 0 amide bonds. The van der Waals surface area contributed by atoms with E-state index in [1.54, 1.807) is 25.1 Å². The summed E-state index contributed by atoms with van der Waals surface area (Å²) in [6, 6.07) is 5.15. The van der Waals surface area contributed by atoms with Crippen molar-refractivity contribution < 1.29 is 4.39 Å². The topological polar surface area (TPSA) is 12.4 Å². The van der Waals surface area contributed by atoms with Crippen LogP contribution in [0, 0.1) is 12.7 Å². The summed E-state index contributed by atoms with van der Waals surface area (Å²) >= 11 is 0. The van der Waals surface area contributed by atoms with Crippen molar-refractivity contribution in [2.24, 2.45) is 4.99 Å².